The molecule has 0 amide bonds. The molecule has 8 heteroatoms. The quantitative estimate of drug-likeness (QED) is 0.647. The lowest BCUT2D eigenvalue weighted by Gasteiger charge is -2.01. The number of ether oxygens (including phenoxy) is 1. The van der Waals surface area contributed by atoms with Crippen molar-refractivity contribution in [3.63, 3.8) is 0 Å². The molecule has 0 spiro atoms. The van der Waals surface area contributed by atoms with Crippen LogP contribution in [0.4, 0.5) is 0 Å². The normalized spacial score (nSPS) is 9.93. The summed E-state index contributed by atoms with van der Waals surface area (Å²) in [5, 5.41) is 18.6. The highest BCUT2D eigenvalue weighted by Crippen LogP contribution is 1.96. The zero-order valence-corrected chi connectivity index (χ0v) is 8.08. The van der Waals surface area contributed by atoms with Gasteiger partial charge in [0.2, 0.25) is 0 Å². The Hall–Kier alpha value is -1.99. The Bertz CT molecular complexity index is 362. The fraction of sp³-hybridized carbons (Fsp3) is 0.571. The number of carboxylic acids is 1. The lowest BCUT2D eigenvalue weighted by atomic mass is 10.4. The van der Waals surface area contributed by atoms with Gasteiger partial charge in [0.1, 0.15) is 0 Å². The third-order valence-electron chi connectivity index (χ3n) is 1.56. The summed E-state index contributed by atoms with van der Waals surface area (Å²) in [5.41, 5.74) is 0. The van der Waals surface area contributed by atoms with Gasteiger partial charge in [0.05, 0.1) is 19.6 Å². The Morgan fingerprint density at radius 1 is 1.53 bits per heavy atom. The Balaban J connectivity index is 2.54. The lowest BCUT2D eigenvalue weighted by molar-refractivity contribution is -0.143. The molecule has 0 aliphatic heterocycles. The fourth-order valence-corrected chi connectivity index (χ4v) is 0.939. The highest BCUT2D eigenvalue weighted by Gasteiger charge is 2.14. The van der Waals surface area contributed by atoms with Crippen molar-refractivity contribution in [2.45, 2.75) is 19.9 Å². The van der Waals surface area contributed by atoms with Gasteiger partial charge in [-0.15, -0.1) is 5.10 Å². The van der Waals surface area contributed by atoms with E-state index in [4.69, 9.17) is 5.11 Å². The minimum Gasteiger partial charge on any atom is -0.475 e. The van der Waals surface area contributed by atoms with E-state index >= 15 is 0 Å². The topological polar surface area (TPSA) is 107 Å². The molecule has 1 aromatic rings. The summed E-state index contributed by atoms with van der Waals surface area (Å²) in [6.07, 6.45) is 0.0408. The summed E-state index contributed by atoms with van der Waals surface area (Å²) >= 11 is 0. The number of nitrogens with zero attached hydrogens (tertiary/aromatic N) is 4. The summed E-state index contributed by atoms with van der Waals surface area (Å²) in [7, 11) is 0. The van der Waals surface area contributed by atoms with Gasteiger partial charge in [0.25, 0.3) is 5.82 Å². The van der Waals surface area contributed by atoms with Crippen molar-refractivity contribution in [1.29, 1.82) is 0 Å². The molecule has 0 radical (unpaired) electrons. The number of hydrogen-bond acceptors (Lipinski definition) is 6. The predicted octanol–water partition coefficient (Wildman–Crippen LogP) is -0.676. The van der Waals surface area contributed by atoms with Crippen LogP contribution < -0.4 is 0 Å². The van der Waals surface area contributed by atoms with Gasteiger partial charge < -0.3 is 9.84 Å². The van der Waals surface area contributed by atoms with E-state index < -0.39 is 11.9 Å². The van der Waals surface area contributed by atoms with E-state index in [0.717, 1.165) is 4.68 Å². The number of tetrazole rings is 1. The molecule has 0 bridgehead atoms. The number of aromatic carboxylic acids is 1. The van der Waals surface area contributed by atoms with Crippen molar-refractivity contribution in [2.24, 2.45) is 0 Å². The lowest BCUT2D eigenvalue weighted by Crippen LogP contribution is -2.15. The maximum atomic E-state index is 11.0. The largest absolute Gasteiger partial charge is 0.475 e. The number of aromatic nitrogens is 4. The Labute approximate surface area is 84.8 Å². The minimum absolute atomic E-state index is 0.0408. The van der Waals surface area contributed by atoms with E-state index in [1.165, 1.54) is 0 Å². The van der Waals surface area contributed by atoms with Gasteiger partial charge in [-0.05, 0) is 17.4 Å². The number of aryl methyl sites for hydroxylation is 1. The number of hydrogen-bond donors (Lipinski definition) is 1. The van der Waals surface area contributed by atoms with Crippen LogP contribution in [0.5, 0.6) is 0 Å². The molecule has 0 aromatic carbocycles. The summed E-state index contributed by atoms with van der Waals surface area (Å²) in [5.74, 6) is -1.94. The third kappa shape index (κ3) is 3.01. The second-order valence-electron chi connectivity index (χ2n) is 2.59. The molecule has 0 unspecified atom stereocenters. The first-order valence-corrected chi connectivity index (χ1v) is 4.30. The Morgan fingerprint density at radius 2 is 2.27 bits per heavy atom. The molecular formula is C7H10N4O4. The van der Waals surface area contributed by atoms with Gasteiger partial charge in [0.15, 0.2) is 0 Å². The number of carboxylic acid groups (broad SMARTS) is 1. The molecule has 1 N–H and O–H groups in total. The summed E-state index contributed by atoms with van der Waals surface area (Å²) in [6.45, 7) is 2.07. The second-order valence-corrected chi connectivity index (χ2v) is 2.59. The van der Waals surface area contributed by atoms with Crippen molar-refractivity contribution in [1.82, 2.24) is 20.2 Å². The van der Waals surface area contributed by atoms with Gasteiger partial charge in [-0.1, -0.05) is 0 Å². The predicted molar refractivity (Wildman–Crippen MR) is 46.0 cm³/mol. The first kappa shape index (κ1) is 11.1. The van der Waals surface area contributed by atoms with E-state index in [-0.39, 0.29) is 18.8 Å². The highest BCUT2D eigenvalue weighted by molar-refractivity contribution is 5.83. The Morgan fingerprint density at radius 3 is 2.87 bits per heavy atom. The van der Waals surface area contributed by atoms with Crippen LogP contribution >= 0.6 is 0 Å². The molecule has 0 saturated carbocycles. The number of carbonyl (C=O) groups excluding carboxylic acids is 1. The highest BCUT2D eigenvalue weighted by atomic mass is 16.5. The maximum absolute atomic E-state index is 11.0. The summed E-state index contributed by atoms with van der Waals surface area (Å²) in [4.78, 5) is 21.5. The van der Waals surface area contributed by atoms with Crippen LogP contribution in [-0.2, 0) is 16.1 Å². The number of rotatable bonds is 5. The van der Waals surface area contributed by atoms with Crippen LogP contribution in [0.1, 0.15) is 24.0 Å². The Kier molecular flexibility index (Phi) is 3.72. The van der Waals surface area contributed by atoms with Gasteiger partial charge in [0, 0.05) is 0 Å². The van der Waals surface area contributed by atoms with Crippen LogP contribution in [0.3, 0.4) is 0 Å². The average molecular weight is 214 g/mol. The molecule has 1 rings (SSSR count). The van der Waals surface area contributed by atoms with E-state index in [9.17, 15) is 9.59 Å². The second kappa shape index (κ2) is 5.03. The SMILES string of the molecule is CCOC(=O)CCn1nnnc1C(=O)O. The zero-order chi connectivity index (χ0) is 11.3. The van der Waals surface area contributed by atoms with Crippen LogP contribution in [0.15, 0.2) is 0 Å². The molecule has 0 aliphatic rings. The van der Waals surface area contributed by atoms with E-state index in [1.807, 2.05) is 0 Å². The van der Waals surface area contributed by atoms with Crippen LogP contribution in [-0.4, -0.2) is 43.9 Å². The summed E-state index contributed by atoms with van der Waals surface area (Å²) < 4.78 is 5.71. The van der Waals surface area contributed by atoms with Crippen molar-refractivity contribution < 1.29 is 19.4 Å². The molecule has 0 atom stereocenters. The first-order valence-electron chi connectivity index (χ1n) is 4.30. The monoisotopic (exact) mass is 214 g/mol. The molecule has 0 saturated heterocycles. The van der Waals surface area contributed by atoms with Gasteiger partial charge in [-0.2, -0.15) is 0 Å². The minimum atomic E-state index is -1.23. The molecule has 82 valence electrons. The van der Waals surface area contributed by atoms with Crippen LogP contribution in [0, 0.1) is 0 Å². The number of carbonyl (C=O) groups is 2. The van der Waals surface area contributed by atoms with Crippen LogP contribution in [0.25, 0.3) is 0 Å². The van der Waals surface area contributed by atoms with Crippen molar-refractivity contribution >= 4 is 11.9 Å². The van der Waals surface area contributed by atoms with Gasteiger partial charge in [-0.3, -0.25) is 4.79 Å². The molecule has 1 aromatic heterocycles. The molecule has 0 fully saturated rings. The van der Waals surface area contributed by atoms with Crippen molar-refractivity contribution in [2.75, 3.05) is 6.61 Å². The van der Waals surface area contributed by atoms with Crippen molar-refractivity contribution in [3.05, 3.63) is 5.82 Å². The molecule has 1 heterocycles. The van der Waals surface area contributed by atoms with Crippen LogP contribution in [0.2, 0.25) is 0 Å². The molecule has 0 aliphatic carbocycles. The molecule has 8 nitrogen and oxygen atoms in total. The smallest absolute Gasteiger partial charge is 0.375 e. The standard InChI is InChI=1S/C7H10N4O4/c1-2-15-5(12)3-4-11-6(7(13)14)8-9-10-11/h2-4H2,1H3,(H,13,14). The zero-order valence-electron chi connectivity index (χ0n) is 8.08. The molecular weight excluding hydrogens is 204 g/mol. The van der Waals surface area contributed by atoms with E-state index in [0.29, 0.717) is 6.61 Å². The number of esters is 1. The third-order valence-corrected chi connectivity index (χ3v) is 1.56. The van der Waals surface area contributed by atoms with Gasteiger partial charge >= 0.3 is 11.9 Å². The fourth-order valence-electron chi connectivity index (χ4n) is 0.939. The summed E-state index contributed by atoms with van der Waals surface area (Å²) in [6, 6.07) is 0. The van der Waals surface area contributed by atoms with Crippen molar-refractivity contribution in [3.8, 4) is 0 Å². The maximum Gasteiger partial charge on any atom is 0.375 e. The van der Waals surface area contributed by atoms with E-state index in [1.54, 1.807) is 6.92 Å². The molecule has 15 heavy (non-hydrogen) atoms. The first-order chi connectivity index (χ1) is 7.15. The average Bonchev–Trinajstić information content (AvgIpc) is 2.63. The van der Waals surface area contributed by atoms with Gasteiger partial charge in [-0.25, -0.2) is 9.48 Å². The van der Waals surface area contributed by atoms with E-state index in [2.05, 4.69) is 20.3 Å².